The smallest absolute Gasteiger partial charge is 0.319 e. The van der Waals surface area contributed by atoms with Gasteiger partial charge in [-0.1, -0.05) is 12.1 Å². The molecule has 2 rings (SSSR count). The molecule has 2 amide bonds. The Morgan fingerprint density at radius 1 is 1.40 bits per heavy atom. The van der Waals surface area contributed by atoms with Crippen molar-refractivity contribution in [3.8, 4) is 0 Å². The maximum absolute atomic E-state index is 11.8. The summed E-state index contributed by atoms with van der Waals surface area (Å²) in [4.78, 5) is 17.0. The Morgan fingerprint density at radius 2 is 2.10 bits per heavy atom. The van der Waals surface area contributed by atoms with E-state index in [1.54, 1.807) is 5.51 Å². The van der Waals surface area contributed by atoms with Gasteiger partial charge in [0.25, 0.3) is 0 Å². The lowest BCUT2D eigenvalue weighted by molar-refractivity contribution is 0.252. The largest absolute Gasteiger partial charge is 0.333 e. The van der Waals surface area contributed by atoms with Crippen molar-refractivity contribution in [1.82, 2.24) is 10.3 Å². The molecule has 1 unspecified atom stereocenters. The molecule has 1 aromatic heterocycles. The lowest BCUT2D eigenvalue weighted by atomic mass is 10.1. The van der Waals surface area contributed by atoms with Gasteiger partial charge in [-0.15, -0.1) is 11.3 Å². The first kappa shape index (κ1) is 14.5. The molecule has 0 saturated carbocycles. The number of carbonyl (C=O) groups excluding carboxylic acids is 1. The monoisotopic (exact) mass is 290 g/mol. The number of anilines is 1. The van der Waals surface area contributed by atoms with Crippen LogP contribution in [0, 0.1) is 6.92 Å². The van der Waals surface area contributed by atoms with Crippen LogP contribution in [0.3, 0.4) is 0 Å². The van der Waals surface area contributed by atoms with Gasteiger partial charge in [-0.3, -0.25) is 0 Å². The van der Waals surface area contributed by atoms with E-state index in [-0.39, 0.29) is 12.1 Å². The summed E-state index contributed by atoms with van der Waals surface area (Å²) < 4.78 is 0. The number of benzene rings is 1. The summed E-state index contributed by atoms with van der Waals surface area (Å²) in [6, 6.07) is 7.27. The number of nitrogens with zero attached hydrogens (tertiary/aromatic N) is 1. The maximum atomic E-state index is 11.8. The molecule has 0 aliphatic rings. The number of thiazole rings is 1. The number of aryl methyl sites for hydroxylation is 1. The molecule has 0 fully saturated rings. The van der Waals surface area contributed by atoms with Crippen LogP contribution >= 0.6 is 11.3 Å². The number of rotatable bonds is 4. The van der Waals surface area contributed by atoms with Gasteiger partial charge in [-0.05, 0) is 31.5 Å². The number of aromatic nitrogens is 1. The minimum Gasteiger partial charge on any atom is -0.333 e. The van der Waals surface area contributed by atoms with Crippen LogP contribution in [0.5, 0.6) is 0 Å². The maximum Gasteiger partial charge on any atom is 0.319 e. The number of hydrogen-bond acceptors (Lipinski definition) is 4. The normalized spacial score (nSPS) is 11.9. The molecule has 0 aliphatic heterocycles. The van der Waals surface area contributed by atoms with E-state index in [0.29, 0.717) is 6.54 Å². The molecule has 1 heterocycles. The van der Waals surface area contributed by atoms with Crippen molar-refractivity contribution in [2.75, 3.05) is 5.32 Å². The van der Waals surface area contributed by atoms with Crippen LogP contribution in [-0.4, -0.2) is 11.0 Å². The van der Waals surface area contributed by atoms with Crippen LogP contribution in [0.25, 0.3) is 0 Å². The zero-order valence-electron chi connectivity index (χ0n) is 11.5. The lowest BCUT2D eigenvalue weighted by Gasteiger charge is -2.09. The number of nitrogens with one attached hydrogen (secondary N) is 2. The number of carbonyl (C=O) groups is 1. The SMILES string of the molecule is Cc1ncsc1CNC(=O)Nc1ccc(C(C)N)cc1. The topological polar surface area (TPSA) is 80.0 Å². The van der Waals surface area contributed by atoms with Gasteiger partial charge < -0.3 is 16.4 Å². The van der Waals surface area contributed by atoms with Crippen LogP contribution in [0.15, 0.2) is 29.8 Å². The van der Waals surface area contributed by atoms with E-state index in [9.17, 15) is 4.79 Å². The number of amides is 2. The van der Waals surface area contributed by atoms with E-state index in [1.807, 2.05) is 38.1 Å². The standard InChI is InChI=1S/C14H18N4OS/c1-9(15)11-3-5-12(6-4-11)18-14(19)16-7-13-10(2)17-8-20-13/h3-6,8-9H,7,15H2,1-2H3,(H2,16,18,19). The van der Waals surface area contributed by atoms with Gasteiger partial charge in [0.2, 0.25) is 0 Å². The minimum absolute atomic E-state index is 0.00724. The third-order valence-electron chi connectivity index (χ3n) is 2.95. The second kappa shape index (κ2) is 6.49. The number of hydrogen-bond donors (Lipinski definition) is 3. The quantitative estimate of drug-likeness (QED) is 0.810. The van der Waals surface area contributed by atoms with Gasteiger partial charge in [0.15, 0.2) is 0 Å². The Balaban J connectivity index is 1.86. The summed E-state index contributed by atoms with van der Waals surface area (Å²) in [5, 5.41) is 5.59. The van der Waals surface area contributed by atoms with Gasteiger partial charge in [-0.25, -0.2) is 9.78 Å². The molecule has 1 aromatic carbocycles. The van der Waals surface area contributed by atoms with E-state index in [1.165, 1.54) is 11.3 Å². The summed E-state index contributed by atoms with van der Waals surface area (Å²) in [6.45, 7) is 4.34. The highest BCUT2D eigenvalue weighted by Crippen LogP contribution is 2.14. The highest BCUT2D eigenvalue weighted by molar-refractivity contribution is 7.09. The number of nitrogens with two attached hydrogens (primary N) is 1. The van der Waals surface area contributed by atoms with Gasteiger partial charge >= 0.3 is 6.03 Å². The molecule has 0 bridgehead atoms. The average Bonchev–Trinajstić information content (AvgIpc) is 2.82. The van der Waals surface area contributed by atoms with Gasteiger partial charge in [0, 0.05) is 16.6 Å². The summed E-state index contributed by atoms with van der Waals surface area (Å²) in [5.41, 5.74) is 10.3. The molecule has 0 spiro atoms. The Labute approximate surface area is 122 Å². The molecule has 106 valence electrons. The molecule has 1 atom stereocenters. The van der Waals surface area contributed by atoms with E-state index < -0.39 is 0 Å². The van der Waals surface area contributed by atoms with Crippen molar-refractivity contribution in [2.45, 2.75) is 26.4 Å². The van der Waals surface area contributed by atoms with E-state index in [4.69, 9.17) is 5.73 Å². The lowest BCUT2D eigenvalue weighted by Crippen LogP contribution is -2.28. The van der Waals surface area contributed by atoms with Crippen molar-refractivity contribution in [3.63, 3.8) is 0 Å². The van der Waals surface area contributed by atoms with Gasteiger partial charge in [0.05, 0.1) is 17.7 Å². The van der Waals surface area contributed by atoms with Crippen LogP contribution in [-0.2, 0) is 6.54 Å². The van der Waals surface area contributed by atoms with Gasteiger partial charge in [0.1, 0.15) is 0 Å². The summed E-state index contributed by atoms with van der Waals surface area (Å²) in [5.74, 6) is 0. The van der Waals surface area contributed by atoms with E-state index in [2.05, 4.69) is 15.6 Å². The van der Waals surface area contributed by atoms with Crippen LogP contribution in [0.4, 0.5) is 10.5 Å². The Morgan fingerprint density at radius 3 is 2.65 bits per heavy atom. The van der Waals surface area contributed by atoms with Crippen LogP contribution in [0.1, 0.15) is 29.1 Å². The summed E-state index contributed by atoms with van der Waals surface area (Å²) in [6.07, 6.45) is 0. The zero-order chi connectivity index (χ0) is 14.5. The Hall–Kier alpha value is -1.92. The molecule has 0 aliphatic carbocycles. The van der Waals surface area contributed by atoms with E-state index in [0.717, 1.165) is 21.8 Å². The molecular formula is C14H18N4OS. The van der Waals surface area contributed by atoms with Crippen molar-refractivity contribution >= 4 is 23.1 Å². The van der Waals surface area contributed by atoms with Crippen LogP contribution in [0.2, 0.25) is 0 Å². The zero-order valence-corrected chi connectivity index (χ0v) is 12.3. The predicted molar refractivity (Wildman–Crippen MR) is 81.8 cm³/mol. The van der Waals surface area contributed by atoms with Crippen molar-refractivity contribution in [3.05, 3.63) is 45.9 Å². The fraction of sp³-hybridized carbons (Fsp3) is 0.286. The summed E-state index contributed by atoms with van der Waals surface area (Å²) in [7, 11) is 0. The van der Waals surface area contributed by atoms with Gasteiger partial charge in [-0.2, -0.15) is 0 Å². The fourth-order valence-corrected chi connectivity index (χ4v) is 2.42. The first-order valence-electron chi connectivity index (χ1n) is 6.35. The molecule has 5 nitrogen and oxygen atoms in total. The molecule has 0 saturated heterocycles. The fourth-order valence-electron chi connectivity index (χ4n) is 1.70. The highest BCUT2D eigenvalue weighted by atomic mass is 32.1. The Kier molecular flexibility index (Phi) is 4.70. The van der Waals surface area contributed by atoms with Crippen molar-refractivity contribution < 1.29 is 4.79 Å². The first-order valence-corrected chi connectivity index (χ1v) is 7.23. The third-order valence-corrected chi connectivity index (χ3v) is 3.88. The molecule has 0 radical (unpaired) electrons. The highest BCUT2D eigenvalue weighted by Gasteiger charge is 2.05. The van der Waals surface area contributed by atoms with Crippen molar-refractivity contribution in [2.24, 2.45) is 5.73 Å². The average molecular weight is 290 g/mol. The third kappa shape index (κ3) is 3.79. The van der Waals surface area contributed by atoms with Crippen LogP contribution < -0.4 is 16.4 Å². The minimum atomic E-state index is -0.230. The number of urea groups is 1. The summed E-state index contributed by atoms with van der Waals surface area (Å²) >= 11 is 1.54. The Bertz CT molecular complexity index is 577. The molecule has 4 N–H and O–H groups in total. The molecule has 6 heteroatoms. The predicted octanol–water partition coefficient (Wildman–Crippen LogP) is 2.79. The molecule has 2 aromatic rings. The second-order valence-electron chi connectivity index (χ2n) is 4.58. The first-order chi connectivity index (χ1) is 9.56. The second-order valence-corrected chi connectivity index (χ2v) is 5.52. The molecule has 20 heavy (non-hydrogen) atoms. The van der Waals surface area contributed by atoms with Crippen molar-refractivity contribution in [1.29, 1.82) is 0 Å². The van der Waals surface area contributed by atoms with E-state index >= 15 is 0 Å². The molecular weight excluding hydrogens is 272 g/mol.